The van der Waals surface area contributed by atoms with Crippen LogP contribution in [0.25, 0.3) is 0 Å². The van der Waals surface area contributed by atoms with Crippen molar-refractivity contribution in [2.75, 3.05) is 0 Å². The Kier molecular flexibility index (Phi) is 0.956. The van der Waals surface area contributed by atoms with Crippen molar-refractivity contribution >= 4 is 15.9 Å². The molecule has 0 radical (unpaired) electrons. The molecule has 0 bridgehead atoms. The number of hydrogen-bond acceptors (Lipinski definition) is 0. The SMILES string of the molecule is C=C1C(C)(C)C1(C)Br. The summed E-state index contributed by atoms with van der Waals surface area (Å²) in [5.74, 6) is 0. The van der Waals surface area contributed by atoms with Gasteiger partial charge in [-0.1, -0.05) is 41.9 Å². The molecular weight excluding hydrogens is 164 g/mol. The van der Waals surface area contributed by atoms with Gasteiger partial charge in [-0.25, -0.2) is 0 Å². The summed E-state index contributed by atoms with van der Waals surface area (Å²) in [7, 11) is 0. The van der Waals surface area contributed by atoms with Crippen molar-refractivity contribution in [2.45, 2.75) is 25.1 Å². The smallest absolute Gasteiger partial charge is 0.0529 e. The predicted molar refractivity (Wildman–Crippen MR) is 40.3 cm³/mol. The molecule has 0 aliphatic heterocycles. The minimum absolute atomic E-state index is 0.222. The van der Waals surface area contributed by atoms with Crippen molar-refractivity contribution in [2.24, 2.45) is 5.41 Å². The Balaban J connectivity index is 2.88. The lowest BCUT2D eigenvalue weighted by atomic mass is 10.1. The van der Waals surface area contributed by atoms with Crippen molar-refractivity contribution < 1.29 is 0 Å². The van der Waals surface area contributed by atoms with Crippen LogP contribution in [0.2, 0.25) is 0 Å². The summed E-state index contributed by atoms with van der Waals surface area (Å²) in [5, 5.41) is 0. The molecule has 1 rings (SSSR count). The number of halogens is 1. The summed E-state index contributed by atoms with van der Waals surface area (Å²) in [6.07, 6.45) is 0. The van der Waals surface area contributed by atoms with Gasteiger partial charge in [0.05, 0.1) is 4.32 Å². The summed E-state index contributed by atoms with van der Waals surface area (Å²) in [5.41, 5.74) is 1.64. The van der Waals surface area contributed by atoms with E-state index in [2.05, 4.69) is 43.3 Å². The van der Waals surface area contributed by atoms with Crippen LogP contribution in [0, 0.1) is 5.41 Å². The maximum atomic E-state index is 3.93. The molecule has 8 heavy (non-hydrogen) atoms. The minimum atomic E-state index is 0.222. The van der Waals surface area contributed by atoms with Crippen LogP contribution in [-0.2, 0) is 0 Å². The van der Waals surface area contributed by atoms with Crippen LogP contribution in [-0.4, -0.2) is 4.32 Å². The van der Waals surface area contributed by atoms with Gasteiger partial charge in [0.25, 0.3) is 0 Å². The van der Waals surface area contributed by atoms with E-state index in [1.807, 2.05) is 0 Å². The summed E-state index contributed by atoms with van der Waals surface area (Å²) < 4.78 is 0.222. The second kappa shape index (κ2) is 1.21. The van der Waals surface area contributed by atoms with Crippen molar-refractivity contribution in [3.63, 3.8) is 0 Å². The molecule has 1 unspecified atom stereocenters. The van der Waals surface area contributed by atoms with Crippen molar-refractivity contribution in [3.05, 3.63) is 12.2 Å². The van der Waals surface area contributed by atoms with Crippen LogP contribution >= 0.6 is 15.9 Å². The van der Waals surface area contributed by atoms with E-state index in [0.717, 1.165) is 0 Å². The van der Waals surface area contributed by atoms with Crippen LogP contribution in [0.5, 0.6) is 0 Å². The Morgan fingerprint density at radius 2 is 1.50 bits per heavy atom. The zero-order valence-corrected chi connectivity index (χ0v) is 7.17. The molecule has 0 spiro atoms. The zero-order chi connectivity index (χ0) is 6.58. The van der Waals surface area contributed by atoms with Crippen molar-refractivity contribution in [1.82, 2.24) is 0 Å². The van der Waals surface area contributed by atoms with Crippen LogP contribution in [0.15, 0.2) is 12.2 Å². The van der Waals surface area contributed by atoms with E-state index in [4.69, 9.17) is 0 Å². The second-order valence-corrected chi connectivity index (χ2v) is 4.69. The Hall–Kier alpha value is 0.220. The average Bonchev–Trinajstić information content (AvgIpc) is 1.88. The molecule has 1 atom stereocenters. The fourth-order valence-electron chi connectivity index (χ4n) is 0.898. The molecule has 0 amide bonds. The zero-order valence-electron chi connectivity index (χ0n) is 5.59. The summed E-state index contributed by atoms with van der Waals surface area (Å²) in [6, 6.07) is 0. The van der Waals surface area contributed by atoms with Crippen LogP contribution in [0.3, 0.4) is 0 Å². The summed E-state index contributed by atoms with van der Waals surface area (Å²) in [6.45, 7) is 10.5. The van der Waals surface area contributed by atoms with E-state index in [1.165, 1.54) is 5.57 Å². The lowest BCUT2D eigenvalue weighted by Gasteiger charge is -2.00. The molecule has 1 saturated carbocycles. The Morgan fingerprint density at radius 3 is 1.50 bits per heavy atom. The third-order valence-electron chi connectivity index (χ3n) is 2.43. The van der Waals surface area contributed by atoms with Gasteiger partial charge in [0.1, 0.15) is 0 Å². The van der Waals surface area contributed by atoms with Gasteiger partial charge in [-0.05, 0) is 6.92 Å². The number of hydrogen-bond donors (Lipinski definition) is 0. The van der Waals surface area contributed by atoms with E-state index < -0.39 is 0 Å². The molecule has 1 aliphatic rings. The second-order valence-electron chi connectivity index (χ2n) is 3.11. The fraction of sp³-hybridized carbons (Fsp3) is 0.714. The molecule has 0 aromatic heterocycles. The van der Waals surface area contributed by atoms with Gasteiger partial charge in [0.2, 0.25) is 0 Å². The van der Waals surface area contributed by atoms with Gasteiger partial charge >= 0.3 is 0 Å². The average molecular weight is 175 g/mol. The highest BCUT2D eigenvalue weighted by atomic mass is 79.9. The van der Waals surface area contributed by atoms with E-state index >= 15 is 0 Å². The van der Waals surface area contributed by atoms with E-state index in [1.54, 1.807) is 0 Å². The molecule has 0 saturated heterocycles. The highest BCUT2D eigenvalue weighted by molar-refractivity contribution is 9.10. The van der Waals surface area contributed by atoms with Gasteiger partial charge < -0.3 is 0 Å². The Bertz CT molecular complexity index is 126. The molecule has 0 nitrogen and oxygen atoms in total. The van der Waals surface area contributed by atoms with Crippen LogP contribution in [0.1, 0.15) is 20.8 Å². The summed E-state index contributed by atoms with van der Waals surface area (Å²) >= 11 is 3.57. The number of rotatable bonds is 0. The van der Waals surface area contributed by atoms with Gasteiger partial charge in [0.15, 0.2) is 0 Å². The van der Waals surface area contributed by atoms with E-state index in [0.29, 0.717) is 5.41 Å². The standard InChI is InChI=1S/C7H11Br/c1-5-6(2,3)7(5,4)8/h1H2,2-4H3. The monoisotopic (exact) mass is 174 g/mol. The van der Waals surface area contributed by atoms with Gasteiger partial charge in [-0.2, -0.15) is 0 Å². The summed E-state index contributed by atoms with van der Waals surface area (Å²) in [4.78, 5) is 0. The first-order valence-electron chi connectivity index (χ1n) is 2.79. The maximum Gasteiger partial charge on any atom is 0.0529 e. The fourth-order valence-corrected chi connectivity index (χ4v) is 1.53. The largest absolute Gasteiger partial charge is 0.0978 e. The molecule has 0 aromatic rings. The van der Waals surface area contributed by atoms with Gasteiger partial charge in [0, 0.05) is 5.41 Å². The number of alkyl halides is 1. The molecule has 1 heteroatoms. The van der Waals surface area contributed by atoms with E-state index in [9.17, 15) is 0 Å². The first-order valence-corrected chi connectivity index (χ1v) is 3.59. The molecule has 1 fully saturated rings. The first-order chi connectivity index (χ1) is 3.40. The van der Waals surface area contributed by atoms with Gasteiger partial charge in [-0.3, -0.25) is 0 Å². The van der Waals surface area contributed by atoms with Crippen LogP contribution in [0.4, 0.5) is 0 Å². The minimum Gasteiger partial charge on any atom is -0.0978 e. The Morgan fingerprint density at radius 1 is 1.38 bits per heavy atom. The van der Waals surface area contributed by atoms with Crippen LogP contribution < -0.4 is 0 Å². The molecule has 0 heterocycles. The first kappa shape index (κ1) is 6.34. The molecule has 1 aliphatic carbocycles. The molecular formula is C7H11Br. The third kappa shape index (κ3) is 0.459. The highest BCUT2D eigenvalue weighted by Crippen LogP contribution is 2.65. The Labute approximate surface area is 59.1 Å². The van der Waals surface area contributed by atoms with Crippen molar-refractivity contribution in [3.8, 4) is 0 Å². The predicted octanol–water partition coefficient (Wildman–Crippen LogP) is 2.74. The molecule has 46 valence electrons. The lowest BCUT2D eigenvalue weighted by Crippen LogP contribution is -1.98. The topological polar surface area (TPSA) is 0 Å². The molecule has 0 N–H and O–H groups in total. The maximum absolute atomic E-state index is 3.93. The third-order valence-corrected chi connectivity index (χ3v) is 3.90. The van der Waals surface area contributed by atoms with Gasteiger partial charge in [-0.15, -0.1) is 0 Å². The lowest BCUT2D eigenvalue weighted by molar-refractivity contribution is 0.629. The molecule has 0 aromatic carbocycles. The van der Waals surface area contributed by atoms with E-state index in [-0.39, 0.29) is 4.32 Å². The quantitative estimate of drug-likeness (QED) is 0.392. The number of allylic oxidation sites excluding steroid dienone is 1. The highest BCUT2D eigenvalue weighted by Gasteiger charge is 2.60. The van der Waals surface area contributed by atoms with Crippen molar-refractivity contribution in [1.29, 1.82) is 0 Å². The normalized spacial score (nSPS) is 42.2.